The molecule has 1 aliphatic carbocycles. The lowest BCUT2D eigenvalue weighted by atomic mass is 10.2. The van der Waals surface area contributed by atoms with Gasteiger partial charge in [0.15, 0.2) is 0 Å². The van der Waals surface area contributed by atoms with Crippen LogP contribution in [0.3, 0.4) is 0 Å². The number of rotatable bonds is 5. The minimum Gasteiger partial charge on any atom is -0.480 e. The summed E-state index contributed by atoms with van der Waals surface area (Å²) in [6.07, 6.45) is 4.89. The minimum absolute atomic E-state index is 0.0973. The number of carbonyl (C=O) groups excluding carboxylic acids is 1. The number of aliphatic carboxylic acids is 1. The van der Waals surface area contributed by atoms with Crippen molar-refractivity contribution in [2.75, 3.05) is 13.6 Å². The van der Waals surface area contributed by atoms with Crippen molar-refractivity contribution in [2.24, 2.45) is 0 Å². The maximum Gasteiger partial charge on any atom is 0.323 e. The summed E-state index contributed by atoms with van der Waals surface area (Å²) in [5.41, 5.74) is 0. The molecular weight excluding hydrogens is 232 g/mol. The van der Waals surface area contributed by atoms with E-state index in [0.717, 1.165) is 32.1 Å². The summed E-state index contributed by atoms with van der Waals surface area (Å²) in [5.74, 6) is -0.937. The van der Waals surface area contributed by atoms with Gasteiger partial charge in [0.1, 0.15) is 6.54 Å². The van der Waals surface area contributed by atoms with Crippen LogP contribution in [0, 0.1) is 0 Å². The molecule has 0 aromatic carbocycles. The Morgan fingerprint density at radius 3 is 2.33 bits per heavy atom. The second kappa shape index (κ2) is 6.61. The fraction of sp³-hybridized carbons (Fsp3) is 0.846. The van der Waals surface area contributed by atoms with Crippen LogP contribution >= 0.6 is 0 Å². The highest BCUT2D eigenvalue weighted by atomic mass is 16.4. The van der Waals surface area contributed by atoms with Gasteiger partial charge >= 0.3 is 12.0 Å². The van der Waals surface area contributed by atoms with Crippen LogP contribution in [0.5, 0.6) is 0 Å². The van der Waals surface area contributed by atoms with Gasteiger partial charge in [0.25, 0.3) is 0 Å². The first-order chi connectivity index (χ1) is 8.47. The highest BCUT2D eigenvalue weighted by Gasteiger charge is 2.31. The summed E-state index contributed by atoms with van der Waals surface area (Å²) in [5, 5.41) is 8.96. The van der Waals surface area contributed by atoms with Crippen LogP contribution in [0.4, 0.5) is 4.79 Å². The molecule has 0 spiro atoms. The van der Waals surface area contributed by atoms with Crippen LogP contribution in [-0.4, -0.2) is 52.6 Å². The zero-order valence-electron chi connectivity index (χ0n) is 11.6. The summed E-state index contributed by atoms with van der Waals surface area (Å²) < 4.78 is 0. The summed E-state index contributed by atoms with van der Waals surface area (Å²) in [4.78, 5) is 26.5. The van der Waals surface area contributed by atoms with Gasteiger partial charge in [-0.1, -0.05) is 19.8 Å². The van der Waals surface area contributed by atoms with Crippen molar-refractivity contribution >= 4 is 12.0 Å². The Morgan fingerprint density at radius 1 is 1.33 bits per heavy atom. The van der Waals surface area contributed by atoms with Gasteiger partial charge in [-0.3, -0.25) is 4.79 Å². The molecule has 104 valence electrons. The summed E-state index contributed by atoms with van der Waals surface area (Å²) in [6.45, 7) is 3.81. The van der Waals surface area contributed by atoms with Crippen LogP contribution < -0.4 is 0 Å². The number of nitrogens with zero attached hydrogens (tertiary/aromatic N) is 2. The third-order valence-corrected chi connectivity index (χ3v) is 3.87. The first kappa shape index (κ1) is 14.8. The molecule has 0 aromatic rings. The Morgan fingerprint density at radius 2 is 1.89 bits per heavy atom. The average Bonchev–Trinajstić information content (AvgIpc) is 2.86. The molecule has 1 N–H and O–H groups in total. The normalized spacial score (nSPS) is 17.5. The fourth-order valence-electron chi connectivity index (χ4n) is 2.38. The van der Waals surface area contributed by atoms with Crippen LogP contribution in [0.2, 0.25) is 0 Å². The monoisotopic (exact) mass is 256 g/mol. The van der Waals surface area contributed by atoms with Crippen LogP contribution in [-0.2, 0) is 4.79 Å². The van der Waals surface area contributed by atoms with Crippen molar-refractivity contribution in [1.29, 1.82) is 0 Å². The molecule has 1 unspecified atom stereocenters. The van der Waals surface area contributed by atoms with E-state index in [1.54, 1.807) is 11.9 Å². The molecule has 0 radical (unpaired) electrons. The van der Waals surface area contributed by atoms with E-state index in [4.69, 9.17) is 5.11 Å². The molecule has 0 aromatic heterocycles. The van der Waals surface area contributed by atoms with Gasteiger partial charge in [-0.05, 0) is 26.2 Å². The lowest BCUT2D eigenvalue weighted by molar-refractivity contribution is -0.138. The lowest BCUT2D eigenvalue weighted by Gasteiger charge is -2.34. The summed E-state index contributed by atoms with van der Waals surface area (Å²) >= 11 is 0. The molecule has 5 heteroatoms. The first-order valence-electron chi connectivity index (χ1n) is 6.72. The summed E-state index contributed by atoms with van der Waals surface area (Å²) in [6, 6.07) is 0.0777. The van der Waals surface area contributed by atoms with Crippen LogP contribution in [0.25, 0.3) is 0 Å². The number of hydrogen-bond donors (Lipinski definition) is 1. The second-order valence-electron chi connectivity index (χ2n) is 5.11. The maximum atomic E-state index is 12.4. The Balaban J connectivity index is 2.74. The van der Waals surface area contributed by atoms with Crippen molar-refractivity contribution in [1.82, 2.24) is 9.80 Å². The molecule has 2 amide bonds. The minimum atomic E-state index is -0.937. The van der Waals surface area contributed by atoms with Crippen molar-refractivity contribution in [3.8, 4) is 0 Å². The quantitative estimate of drug-likeness (QED) is 0.820. The van der Waals surface area contributed by atoms with E-state index < -0.39 is 5.97 Å². The van der Waals surface area contributed by atoms with Crippen LogP contribution in [0.15, 0.2) is 0 Å². The highest BCUT2D eigenvalue weighted by Crippen LogP contribution is 2.24. The van der Waals surface area contributed by atoms with Crippen molar-refractivity contribution < 1.29 is 14.7 Å². The van der Waals surface area contributed by atoms with Gasteiger partial charge < -0.3 is 14.9 Å². The largest absolute Gasteiger partial charge is 0.480 e. The highest BCUT2D eigenvalue weighted by molar-refractivity contribution is 5.80. The Labute approximate surface area is 109 Å². The van der Waals surface area contributed by atoms with E-state index in [1.165, 1.54) is 4.90 Å². The lowest BCUT2D eigenvalue weighted by Crippen LogP contribution is -2.50. The van der Waals surface area contributed by atoms with E-state index in [9.17, 15) is 9.59 Å². The molecule has 18 heavy (non-hydrogen) atoms. The van der Waals surface area contributed by atoms with Gasteiger partial charge in [-0.15, -0.1) is 0 Å². The van der Waals surface area contributed by atoms with E-state index in [2.05, 4.69) is 0 Å². The van der Waals surface area contributed by atoms with E-state index in [1.807, 2.05) is 13.8 Å². The van der Waals surface area contributed by atoms with E-state index >= 15 is 0 Å². The van der Waals surface area contributed by atoms with Crippen LogP contribution in [0.1, 0.15) is 46.0 Å². The molecule has 0 heterocycles. The number of carboxylic acid groups (broad SMARTS) is 1. The molecule has 0 aliphatic heterocycles. The molecule has 5 nitrogen and oxygen atoms in total. The third kappa shape index (κ3) is 3.62. The van der Waals surface area contributed by atoms with Crippen molar-refractivity contribution in [3.05, 3.63) is 0 Å². The summed E-state index contributed by atoms with van der Waals surface area (Å²) in [7, 11) is 1.75. The zero-order valence-corrected chi connectivity index (χ0v) is 11.6. The molecule has 1 aliphatic rings. The number of amides is 2. The smallest absolute Gasteiger partial charge is 0.323 e. The van der Waals surface area contributed by atoms with Gasteiger partial charge in [-0.2, -0.15) is 0 Å². The standard InChI is InChI=1S/C13H24N2O3/c1-4-10(2)14(3)13(18)15(9-12(16)17)11-7-5-6-8-11/h10-11H,4-9H2,1-3H3,(H,16,17). The molecule has 1 rings (SSSR count). The molecular formula is C13H24N2O3. The zero-order chi connectivity index (χ0) is 13.7. The molecule has 1 atom stereocenters. The second-order valence-corrected chi connectivity index (χ2v) is 5.11. The SMILES string of the molecule is CCC(C)N(C)C(=O)N(CC(=O)O)C1CCCC1. The number of carboxylic acids is 1. The average molecular weight is 256 g/mol. The van der Waals surface area contributed by atoms with E-state index in [-0.39, 0.29) is 24.7 Å². The predicted molar refractivity (Wildman–Crippen MR) is 69.5 cm³/mol. The number of carbonyl (C=O) groups is 2. The fourth-order valence-corrected chi connectivity index (χ4v) is 2.38. The van der Waals surface area contributed by atoms with Crippen molar-refractivity contribution in [3.63, 3.8) is 0 Å². The van der Waals surface area contributed by atoms with Crippen molar-refractivity contribution in [2.45, 2.75) is 58.0 Å². The number of urea groups is 1. The predicted octanol–water partition coefficient (Wildman–Crippen LogP) is 2.17. The first-order valence-corrected chi connectivity index (χ1v) is 6.72. The third-order valence-electron chi connectivity index (χ3n) is 3.87. The molecule has 1 fully saturated rings. The molecule has 0 bridgehead atoms. The molecule has 0 saturated heterocycles. The maximum absolute atomic E-state index is 12.4. The topological polar surface area (TPSA) is 60.9 Å². The molecule has 1 saturated carbocycles. The van der Waals surface area contributed by atoms with Gasteiger partial charge in [0, 0.05) is 19.1 Å². The Hall–Kier alpha value is -1.26. The van der Waals surface area contributed by atoms with Gasteiger partial charge in [0.2, 0.25) is 0 Å². The van der Waals surface area contributed by atoms with Gasteiger partial charge in [-0.25, -0.2) is 4.79 Å². The number of hydrogen-bond acceptors (Lipinski definition) is 2. The Kier molecular flexibility index (Phi) is 5.44. The van der Waals surface area contributed by atoms with E-state index in [0.29, 0.717) is 0 Å². The van der Waals surface area contributed by atoms with Gasteiger partial charge in [0.05, 0.1) is 0 Å². The Bertz CT molecular complexity index is 301.